The summed E-state index contributed by atoms with van der Waals surface area (Å²) in [5.74, 6) is -0.447. The summed E-state index contributed by atoms with van der Waals surface area (Å²) >= 11 is 0. The Labute approximate surface area is 139 Å². The lowest BCUT2D eigenvalue weighted by Gasteiger charge is -2.06. The molecule has 0 unspecified atom stereocenters. The lowest BCUT2D eigenvalue weighted by atomic mass is 10.2. The van der Waals surface area contributed by atoms with Crippen molar-refractivity contribution in [3.05, 3.63) is 54.7 Å². The fourth-order valence-corrected chi connectivity index (χ4v) is 2.47. The maximum atomic E-state index is 12.0. The van der Waals surface area contributed by atoms with E-state index < -0.39 is 0 Å². The van der Waals surface area contributed by atoms with Gasteiger partial charge in [-0.1, -0.05) is 18.2 Å². The zero-order chi connectivity index (χ0) is 16.9. The number of nitrogens with one attached hydrogen (secondary N) is 1. The summed E-state index contributed by atoms with van der Waals surface area (Å²) in [4.78, 5) is 23.9. The first kappa shape index (κ1) is 15.7. The first-order valence-corrected chi connectivity index (χ1v) is 7.69. The molecule has 0 aliphatic carbocycles. The number of para-hydroxylation sites is 1. The summed E-state index contributed by atoms with van der Waals surface area (Å²) in [6.07, 6.45) is 1.89. The van der Waals surface area contributed by atoms with E-state index >= 15 is 0 Å². The number of anilines is 2. The number of nitrogens with zero attached hydrogens (tertiary/aromatic N) is 2. The van der Waals surface area contributed by atoms with Gasteiger partial charge in [-0.25, -0.2) is 0 Å². The molecule has 0 aliphatic rings. The number of amides is 1. The molecule has 1 heterocycles. The van der Waals surface area contributed by atoms with Crippen LogP contribution in [0.25, 0.3) is 10.9 Å². The number of hydrogen-bond acceptors (Lipinski definition) is 4. The van der Waals surface area contributed by atoms with Gasteiger partial charge in [0.15, 0.2) is 0 Å². The largest absolute Gasteiger partial charge is 0.399 e. The molecule has 3 rings (SSSR count). The Hall–Kier alpha value is -3.15. The molecule has 0 atom stereocenters. The normalized spacial score (nSPS) is 10.7. The van der Waals surface area contributed by atoms with E-state index in [-0.39, 0.29) is 24.5 Å². The molecule has 1 aromatic heterocycles. The number of carbonyl (C=O) groups is 2. The highest BCUT2D eigenvalue weighted by Crippen LogP contribution is 2.14. The maximum absolute atomic E-state index is 12.0. The van der Waals surface area contributed by atoms with Crippen molar-refractivity contribution in [1.82, 2.24) is 9.78 Å². The van der Waals surface area contributed by atoms with Crippen molar-refractivity contribution >= 4 is 34.0 Å². The number of Topliss-reactive ketones (excluding diaryl/α,β-unsaturated/α-hetero) is 1. The second-order valence-electron chi connectivity index (χ2n) is 5.56. The molecule has 0 aliphatic heterocycles. The van der Waals surface area contributed by atoms with Crippen LogP contribution in [0.1, 0.15) is 12.8 Å². The third kappa shape index (κ3) is 3.78. The van der Waals surface area contributed by atoms with Crippen LogP contribution in [0.3, 0.4) is 0 Å². The predicted octanol–water partition coefficient (Wildman–Crippen LogP) is 2.61. The number of aryl methyl sites for hydroxylation is 1. The highest BCUT2D eigenvalue weighted by atomic mass is 16.2. The van der Waals surface area contributed by atoms with Crippen molar-refractivity contribution in [3.63, 3.8) is 0 Å². The lowest BCUT2D eigenvalue weighted by Crippen LogP contribution is -2.17. The lowest BCUT2D eigenvalue weighted by molar-refractivity contribution is -0.125. The fourth-order valence-electron chi connectivity index (χ4n) is 2.47. The van der Waals surface area contributed by atoms with Crippen molar-refractivity contribution in [3.8, 4) is 0 Å². The van der Waals surface area contributed by atoms with Crippen molar-refractivity contribution in [1.29, 1.82) is 0 Å². The van der Waals surface area contributed by atoms with Gasteiger partial charge in [0.25, 0.3) is 0 Å². The van der Waals surface area contributed by atoms with Gasteiger partial charge < -0.3 is 11.1 Å². The van der Waals surface area contributed by atoms with Gasteiger partial charge in [-0.3, -0.25) is 14.3 Å². The number of ketones is 1. The van der Waals surface area contributed by atoms with Gasteiger partial charge in [-0.2, -0.15) is 5.10 Å². The number of carbonyl (C=O) groups excluding carboxylic acids is 2. The number of nitrogen functional groups attached to an aromatic ring is 1. The second-order valence-corrected chi connectivity index (χ2v) is 5.56. The average Bonchev–Trinajstić information content (AvgIpc) is 2.98. The van der Waals surface area contributed by atoms with E-state index in [0.717, 1.165) is 10.9 Å². The van der Waals surface area contributed by atoms with Crippen LogP contribution in [0.15, 0.2) is 54.7 Å². The summed E-state index contributed by atoms with van der Waals surface area (Å²) in [5, 5.41) is 7.99. The summed E-state index contributed by atoms with van der Waals surface area (Å²) in [6, 6.07) is 14.6. The Kier molecular flexibility index (Phi) is 4.56. The Morgan fingerprint density at radius 2 is 1.83 bits per heavy atom. The zero-order valence-electron chi connectivity index (χ0n) is 13.1. The zero-order valence-corrected chi connectivity index (χ0v) is 13.1. The minimum Gasteiger partial charge on any atom is -0.399 e. The molecule has 6 nitrogen and oxygen atoms in total. The molecule has 3 N–H and O–H groups in total. The quantitative estimate of drug-likeness (QED) is 0.539. The molecule has 122 valence electrons. The molecule has 0 radical (unpaired) electrons. The van der Waals surface area contributed by atoms with Crippen LogP contribution < -0.4 is 11.1 Å². The number of hydrogen-bond donors (Lipinski definition) is 2. The van der Waals surface area contributed by atoms with Gasteiger partial charge in [0.05, 0.1) is 18.1 Å². The van der Waals surface area contributed by atoms with Crippen molar-refractivity contribution in [2.24, 2.45) is 0 Å². The molecule has 1 amide bonds. The smallest absolute Gasteiger partial charge is 0.231 e. The Morgan fingerprint density at radius 3 is 2.62 bits per heavy atom. The van der Waals surface area contributed by atoms with Crippen LogP contribution in [-0.2, 0) is 16.1 Å². The van der Waals surface area contributed by atoms with E-state index in [4.69, 9.17) is 5.73 Å². The Morgan fingerprint density at radius 1 is 1.08 bits per heavy atom. The van der Waals surface area contributed by atoms with Crippen LogP contribution in [0.4, 0.5) is 11.4 Å². The third-order valence-corrected chi connectivity index (χ3v) is 3.71. The molecule has 0 spiro atoms. The summed E-state index contributed by atoms with van der Waals surface area (Å²) in [7, 11) is 0. The molecule has 6 heteroatoms. The summed E-state index contributed by atoms with van der Waals surface area (Å²) in [6.45, 7) is 0.460. The minimum absolute atomic E-state index is 0.123. The van der Waals surface area contributed by atoms with E-state index in [1.807, 2.05) is 24.3 Å². The van der Waals surface area contributed by atoms with Gasteiger partial charge in [0.2, 0.25) is 5.91 Å². The summed E-state index contributed by atoms with van der Waals surface area (Å²) < 4.78 is 1.78. The first-order chi connectivity index (χ1) is 11.6. The van der Waals surface area contributed by atoms with Gasteiger partial charge in [0, 0.05) is 29.7 Å². The molecule has 0 saturated carbocycles. The van der Waals surface area contributed by atoms with Crippen LogP contribution in [-0.4, -0.2) is 21.5 Å². The Bertz CT molecular complexity index is 868. The minimum atomic E-state index is -0.324. The van der Waals surface area contributed by atoms with Crippen molar-refractivity contribution < 1.29 is 9.59 Å². The van der Waals surface area contributed by atoms with Crippen LogP contribution in [0, 0.1) is 0 Å². The fraction of sp³-hybridized carbons (Fsp3) is 0.167. The Balaban J connectivity index is 1.52. The standard InChI is InChI=1S/C18H18N4O2/c19-14-5-7-15(8-6-14)21-18(24)11-16(23)9-10-22-17-4-2-1-3-13(17)12-20-22/h1-8,12H,9-11,19H2,(H,21,24). The predicted molar refractivity (Wildman–Crippen MR) is 93.5 cm³/mol. The van der Waals surface area contributed by atoms with E-state index in [9.17, 15) is 9.59 Å². The third-order valence-electron chi connectivity index (χ3n) is 3.71. The maximum Gasteiger partial charge on any atom is 0.231 e. The van der Waals surface area contributed by atoms with Gasteiger partial charge in [-0.05, 0) is 30.3 Å². The number of fused-ring (bicyclic) bond motifs is 1. The highest BCUT2D eigenvalue weighted by Gasteiger charge is 2.11. The molecule has 0 bridgehead atoms. The molecule has 0 saturated heterocycles. The number of benzene rings is 2. The van der Waals surface area contributed by atoms with E-state index in [2.05, 4.69) is 10.4 Å². The van der Waals surface area contributed by atoms with Crippen molar-refractivity contribution in [2.45, 2.75) is 19.4 Å². The second kappa shape index (κ2) is 6.95. The first-order valence-electron chi connectivity index (χ1n) is 7.69. The van der Waals surface area contributed by atoms with E-state index in [0.29, 0.717) is 17.9 Å². The van der Waals surface area contributed by atoms with Crippen molar-refractivity contribution in [2.75, 3.05) is 11.1 Å². The van der Waals surface area contributed by atoms with Crippen LogP contribution in [0.2, 0.25) is 0 Å². The average molecular weight is 322 g/mol. The van der Waals surface area contributed by atoms with Gasteiger partial charge >= 0.3 is 0 Å². The topological polar surface area (TPSA) is 90.0 Å². The monoisotopic (exact) mass is 322 g/mol. The molecule has 2 aromatic carbocycles. The molecular weight excluding hydrogens is 304 g/mol. The van der Waals surface area contributed by atoms with E-state index in [1.165, 1.54) is 0 Å². The van der Waals surface area contributed by atoms with Crippen LogP contribution >= 0.6 is 0 Å². The van der Waals surface area contributed by atoms with E-state index in [1.54, 1.807) is 35.1 Å². The molecule has 24 heavy (non-hydrogen) atoms. The van der Waals surface area contributed by atoms with Gasteiger partial charge in [-0.15, -0.1) is 0 Å². The number of rotatable bonds is 6. The molecular formula is C18H18N4O2. The molecule has 0 fully saturated rings. The highest BCUT2D eigenvalue weighted by molar-refractivity contribution is 6.04. The SMILES string of the molecule is Nc1ccc(NC(=O)CC(=O)CCn2ncc3ccccc32)cc1. The van der Waals surface area contributed by atoms with Gasteiger partial charge in [0.1, 0.15) is 5.78 Å². The number of nitrogens with two attached hydrogens (primary N) is 1. The van der Waals surface area contributed by atoms with Crippen LogP contribution in [0.5, 0.6) is 0 Å². The number of aromatic nitrogens is 2. The molecule has 3 aromatic rings. The summed E-state index contributed by atoms with van der Waals surface area (Å²) in [5.41, 5.74) is 7.82.